The van der Waals surface area contributed by atoms with Gasteiger partial charge in [-0.15, -0.1) is 0 Å². The highest BCUT2D eigenvalue weighted by Gasteiger charge is 2.16. The highest BCUT2D eigenvalue weighted by atomic mass is 35.5. The minimum absolute atomic E-state index is 0.0316. The van der Waals surface area contributed by atoms with Gasteiger partial charge in [-0.25, -0.2) is 0 Å². The summed E-state index contributed by atoms with van der Waals surface area (Å²) < 4.78 is 0. The highest BCUT2D eigenvalue weighted by Crippen LogP contribution is 2.18. The van der Waals surface area contributed by atoms with Crippen LogP contribution in [0.5, 0.6) is 0 Å². The first-order valence-electron chi connectivity index (χ1n) is 3.13. The molecule has 1 N–H and O–H groups in total. The molecule has 1 heterocycles. The van der Waals surface area contributed by atoms with Crippen LogP contribution in [-0.2, 0) is 0 Å². The molecule has 0 saturated heterocycles. The van der Waals surface area contributed by atoms with Crippen LogP contribution in [0.25, 0.3) is 0 Å². The van der Waals surface area contributed by atoms with Crippen molar-refractivity contribution in [3.05, 3.63) is 34.1 Å². The van der Waals surface area contributed by atoms with Gasteiger partial charge in [0.1, 0.15) is 6.20 Å². The van der Waals surface area contributed by atoms with E-state index in [0.717, 1.165) is 6.20 Å². The lowest BCUT2D eigenvalue weighted by atomic mass is 10.2. The van der Waals surface area contributed by atoms with Crippen LogP contribution in [0.15, 0.2) is 23.6 Å². The van der Waals surface area contributed by atoms with E-state index in [1.807, 2.05) is 0 Å². The molecule has 68 valence electrons. The summed E-state index contributed by atoms with van der Waals surface area (Å²) in [6, 6.07) is 1.29. The Labute approximate surface area is 77.6 Å². The van der Waals surface area contributed by atoms with Gasteiger partial charge in [0.25, 0.3) is 5.69 Å². The van der Waals surface area contributed by atoms with E-state index in [2.05, 4.69) is 10.1 Å². The predicted octanol–water partition coefficient (Wildman–Crippen LogP) is 1.36. The van der Waals surface area contributed by atoms with E-state index in [1.165, 1.54) is 12.3 Å². The molecule has 0 amide bonds. The van der Waals surface area contributed by atoms with Crippen LogP contribution in [-0.4, -0.2) is 20.3 Å². The summed E-state index contributed by atoms with van der Waals surface area (Å²) in [7, 11) is 0. The van der Waals surface area contributed by atoms with Crippen molar-refractivity contribution >= 4 is 22.5 Å². The van der Waals surface area contributed by atoms with E-state index < -0.39 is 4.92 Å². The molecular formula is C6H4ClN3O3. The molecule has 0 unspecified atom stereocenters. The molecule has 1 rings (SSSR count). The monoisotopic (exact) mass is 201 g/mol. The van der Waals surface area contributed by atoms with Gasteiger partial charge in [0, 0.05) is 6.20 Å². The number of nitro groups is 1. The van der Waals surface area contributed by atoms with Crippen LogP contribution < -0.4 is 0 Å². The van der Waals surface area contributed by atoms with Crippen molar-refractivity contribution in [3.63, 3.8) is 0 Å². The van der Waals surface area contributed by atoms with Crippen LogP contribution >= 0.6 is 11.6 Å². The van der Waals surface area contributed by atoms with E-state index in [9.17, 15) is 10.1 Å². The Bertz CT molecular complexity index is 366. The van der Waals surface area contributed by atoms with Gasteiger partial charge in [-0.05, 0) is 6.07 Å². The van der Waals surface area contributed by atoms with Gasteiger partial charge in [-0.1, -0.05) is 16.8 Å². The first kappa shape index (κ1) is 9.40. The number of hydrogen-bond donors (Lipinski definition) is 1. The lowest BCUT2D eigenvalue weighted by Gasteiger charge is -1.96. The van der Waals surface area contributed by atoms with Crippen molar-refractivity contribution in [3.8, 4) is 0 Å². The second-order valence-corrected chi connectivity index (χ2v) is 2.40. The van der Waals surface area contributed by atoms with Crippen molar-refractivity contribution in [2.24, 2.45) is 5.16 Å². The Morgan fingerprint density at radius 2 is 2.46 bits per heavy atom. The number of oxime groups is 1. The van der Waals surface area contributed by atoms with Gasteiger partial charge >= 0.3 is 0 Å². The summed E-state index contributed by atoms with van der Waals surface area (Å²) in [6.07, 6.45) is 2.35. The first-order valence-corrected chi connectivity index (χ1v) is 3.51. The van der Waals surface area contributed by atoms with E-state index in [-0.39, 0.29) is 16.4 Å². The molecular weight excluding hydrogens is 198 g/mol. The Kier molecular flexibility index (Phi) is 2.76. The average Bonchev–Trinajstić information content (AvgIpc) is 2.16. The molecule has 0 atom stereocenters. The van der Waals surface area contributed by atoms with Gasteiger partial charge in [0.05, 0.1) is 10.5 Å². The number of rotatable bonds is 2. The molecule has 6 nitrogen and oxygen atoms in total. The second-order valence-electron chi connectivity index (χ2n) is 2.04. The molecule has 1 aromatic heterocycles. The van der Waals surface area contributed by atoms with Gasteiger partial charge in [-0.3, -0.25) is 15.1 Å². The molecule has 0 aliphatic heterocycles. The van der Waals surface area contributed by atoms with E-state index in [4.69, 9.17) is 16.8 Å². The van der Waals surface area contributed by atoms with E-state index >= 15 is 0 Å². The zero-order valence-corrected chi connectivity index (χ0v) is 6.97. The number of hydrogen-bond acceptors (Lipinski definition) is 5. The molecule has 0 aromatic carbocycles. The molecule has 1 aromatic rings. The zero-order valence-electron chi connectivity index (χ0n) is 6.22. The Morgan fingerprint density at radius 1 is 1.77 bits per heavy atom. The smallest absolute Gasteiger partial charge is 0.297 e. The SMILES string of the molecule is O=[N+]([O-])c1cnccc1C(Cl)=NO. The largest absolute Gasteiger partial charge is 0.410 e. The summed E-state index contributed by atoms with van der Waals surface area (Å²) in [6.45, 7) is 0. The minimum Gasteiger partial charge on any atom is -0.410 e. The fraction of sp³-hybridized carbons (Fsp3) is 0. The van der Waals surface area contributed by atoms with Crippen molar-refractivity contribution in [2.75, 3.05) is 0 Å². The lowest BCUT2D eigenvalue weighted by Crippen LogP contribution is -1.99. The Hall–Kier alpha value is -1.69. The highest BCUT2D eigenvalue weighted by molar-refractivity contribution is 6.69. The van der Waals surface area contributed by atoms with Gasteiger partial charge in [0.2, 0.25) is 0 Å². The Morgan fingerprint density at radius 3 is 3.00 bits per heavy atom. The maximum Gasteiger partial charge on any atom is 0.297 e. The Balaban J connectivity index is 3.28. The van der Waals surface area contributed by atoms with Gasteiger partial charge < -0.3 is 5.21 Å². The van der Waals surface area contributed by atoms with E-state index in [0.29, 0.717) is 0 Å². The predicted molar refractivity (Wildman–Crippen MR) is 45.1 cm³/mol. The van der Waals surface area contributed by atoms with Gasteiger partial charge in [-0.2, -0.15) is 0 Å². The molecule has 0 fully saturated rings. The number of nitrogens with zero attached hydrogens (tertiary/aromatic N) is 3. The molecule has 0 radical (unpaired) electrons. The number of pyridine rings is 1. The molecule has 0 bridgehead atoms. The van der Waals surface area contributed by atoms with Crippen LogP contribution in [0.3, 0.4) is 0 Å². The fourth-order valence-electron chi connectivity index (χ4n) is 0.760. The number of aromatic nitrogens is 1. The van der Waals surface area contributed by atoms with Crippen molar-refractivity contribution < 1.29 is 10.1 Å². The zero-order chi connectivity index (χ0) is 9.84. The van der Waals surface area contributed by atoms with E-state index in [1.54, 1.807) is 0 Å². The third-order valence-corrected chi connectivity index (χ3v) is 1.59. The van der Waals surface area contributed by atoms with Crippen molar-refractivity contribution in [1.29, 1.82) is 0 Å². The third-order valence-electron chi connectivity index (χ3n) is 1.31. The quantitative estimate of drug-likeness (QED) is 0.339. The maximum absolute atomic E-state index is 10.4. The maximum atomic E-state index is 10.4. The van der Waals surface area contributed by atoms with Crippen LogP contribution in [0.2, 0.25) is 0 Å². The molecule has 13 heavy (non-hydrogen) atoms. The topological polar surface area (TPSA) is 88.6 Å². The molecule has 0 saturated carbocycles. The van der Waals surface area contributed by atoms with Crippen LogP contribution in [0.4, 0.5) is 5.69 Å². The van der Waals surface area contributed by atoms with Crippen molar-refractivity contribution in [1.82, 2.24) is 4.98 Å². The standard InChI is InChI=1S/C6H4ClN3O3/c7-6(9-11)4-1-2-8-3-5(4)10(12)13/h1-3,11H. The fourth-order valence-corrected chi connectivity index (χ4v) is 0.920. The molecule has 0 aliphatic carbocycles. The summed E-state index contributed by atoms with van der Waals surface area (Å²) in [5.41, 5.74) is -0.269. The summed E-state index contributed by atoms with van der Waals surface area (Å²) >= 11 is 5.41. The normalized spacial score (nSPS) is 11.3. The summed E-state index contributed by atoms with van der Waals surface area (Å²) in [5.74, 6) is 0. The average molecular weight is 202 g/mol. The lowest BCUT2D eigenvalue weighted by molar-refractivity contribution is -0.385. The van der Waals surface area contributed by atoms with Crippen LogP contribution in [0.1, 0.15) is 5.56 Å². The molecule has 7 heteroatoms. The molecule has 0 spiro atoms. The summed E-state index contributed by atoms with van der Waals surface area (Å²) in [5, 5.41) is 21.0. The summed E-state index contributed by atoms with van der Waals surface area (Å²) in [4.78, 5) is 13.3. The van der Waals surface area contributed by atoms with Gasteiger partial charge in [0.15, 0.2) is 5.17 Å². The van der Waals surface area contributed by atoms with Crippen molar-refractivity contribution in [2.45, 2.75) is 0 Å². The minimum atomic E-state index is -0.657. The number of halogens is 1. The molecule has 0 aliphatic rings. The second kappa shape index (κ2) is 3.81. The van der Waals surface area contributed by atoms with Crippen LogP contribution in [0, 0.1) is 10.1 Å². The first-order chi connectivity index (χ1) is 6.16. The third kappa shape index (κ3) is 1.91.